The smallest absolute Gasteiger partial charge is 0.317 e. The number of urea groups is 1. The Labute approximate surface area is 229 Å². The summed E-state index contributed by atoms with van der Waals surface area (Å²) in [5.74, 6) is -2.23. The molecule has 1 heterocycles. The third-order valence-electron chi connectivity index (χ3n) is 7.37. The Kier molecular flexibility index (Phi) is 9.82. The molecule has 4 amide bonds. The summed E-state index contributed by atoms with van der Waals surface area (Å²) in [6, 6.07) is 5.81. The highest BCUT2D eigenvalue weighted by atomic mass is 16.2. The minimum absolute atomic E-state index is 0.0791. The van der Waals surface area contributed by atoms with Gasteiger partial charge < -0.3 is 25.0 Å². The number of nitrogens with one attached hydrogen (secondary N) is 2. The van der Waals surface area contributed by atoms with E-state index in [2.05, 4.69) is 15.3 Å². The van der Waals surface area contributed by atoms with E-state index < -0.39 is 29.8 Å². The molecule has 0 aliphatic heterocycles. The Morgan fingerprint density at radius 3 is 2.31 bits per heavy atom. The average molecular weight is 541 g/mol. The van der Waals surface area contributed by atoms with Crippen LogP contribution in [-0.4, -0.2) is 96.4 Å². The molecule has 4 unspecified atom stereocenters. The lowest BCUT2D eigenvalue weighted by molar-refractivity contribution is -0.144. The van der Waals surface area contributed by atoms with Crippen LogP contribution in [0.25, 0.3) is 11.0 Å². The second-order valence-corrected chi connectivity index (χ2v) is 10.9. The standard InChI is InChI=1S/C28H40N6O5/c1-32(2)23(36)15-14-19(27(38)33(3)4)18-11-9-10-17(25(18)37)16-22(35)24(31-28(39)34(5)6)26-29-20-12-7-8-13-21(20)30-26/h7-8,12-13,17-19,24H,9-11,14-16H2,1-6H3,(H,29,30)(H,31,39). The van der Waals surface area contributed by atoms with Crippen LogP contribution in [0.4, 0.5) is 4.79 Å². The first kappa shape index (κ1) is 29.8. The number of Topliss-reactive ketones (excluding diaryl/α,β-unsaturated/α-hetero) is 2. The molecule has 1 aliphatic rings. The SMILES string of the molecule is CN(C)C(=O)CCC(C(=O)N(C)C)C1CCCC(CC(=O)C(NC(=O)N(C)C)c2nc3ccccc3[nH]2)C1=O. The zero-order valence-corrected chi connectivity index (χ0v) is 23.7. The highest BCUT2D eigenvalue weighted by Gasteiger charge is 2.41. The molecule has 3 rings (SSSR count). The van der Waals surface area contributed by atoms with Gasteiger partial charge in [0.25, 0.3) is 0 Å². The van der Waals surface area contributed by atoms with Gasteiger partial charge in [-0.3, -0.25) is 19.2 Å². The first-order valence-corrected chi connectivity index (χ1v) is 13.3. The Hall–Kier alpha value is -3.76. The molecule has 1 saturated carbocycles. The maximum Gasteiger partial charge on any atom is 0.317 e. The van der Waals surface area contributed by atoms with Crippen molar-refractivity contribution in [3.8, 4) is 0 Å². The van der Waals surface area contributed by atoms with Gasteiger partial charge in [0.2, 0.25) is 11.8 Å². The summed E-state index contributed by atoms with van der Waals surface area (Å²) in [6.07, 6.45) is 2.10. The van der Waals surface area contributed by atoms with Crippen LogP contribution in [0.15, 0.2) is 24.3 Å². The fraction of sp³-hybridized carbons (Fsp3) is 0.571. The van der Waals surface area contributed by atoms with Crippen LogP contribution in [0.3, 0.4) is 0 Å². The molecule has 39 heavy (non-hydrogen) atoms. The lowest BCUT2D eigenvalue weighted by Crippen LogP contribution is -2.44. The zero-order valence-electron chi connectivity index (χ0n) is 23.7. The summed E-state index contributed by atoms with van der Waals surface area (Å²) < 4.78 is 0. The normalized spacial score (nSPS) is 18.8. The molecular weight excluding hydrogens is 500 g/mol. The molecule has 0 saturated heterocycles. The van der Waals surface area contributed by atoms with Crippen molar-refractivity contribution in [2.75, 3.05) is 42.3 Å². The van der Waals surface area contributed by atoms with Crippen molar-refractivity contribution in [3.05, 3.63) is 30.1 Å². The van der Waals surface area contributed by atoms with Crippen LogP contribution in [0.5, 0.6) is 0 Å². The van der Waals surface area contributed by atoms with Crippen molar-refractivity contribution in [2.45, 2.75) is 44.6 Å². The number of amides is 4. The molecule has 0 spiro atoms. The van der Waals surface area contributed by atoms with E-state index in [0.717, 1.165) is 5.52 Å². The largest absolute Gasteiger partial charge is 0.349 e. The lowest BCUT2D eigenvalue weighted by atomic mass is 9.70. The minimum atomic E-state index is -1.06. The van der Waals surface area contributed by atoms with Gasteiger partial charge in [0, 0.05) is 72.9 Å². The summed E-state index contributed by atoms with van der Waals surface area (Å²) >= 11 is 0. The quantitative estimate of drug-likeness (QED) is 0.475. The fourth-order valence-electron chi connectivity index (χ4n) is 5.13. The molecule has 1 fully saturated rings. The first-order valence-electron chi connectivity index (χ1n) is 13.3. The highest BCUT2D eigenvalue weighted by Crippen LogP contribution is 2.36. The van der Waals surface area contributed by atoms with Crippen LogP contribution in [-0.2, 0) is 19.2 Å². The number of carbonyl (C=O) groups excluding carboxylic acids is 5. The molecule has 0 bridgehead atoms. The third kappa shape index (κ3) is 7.21. The zero-order chi connectivity index (χ0) is 28.9. The van der Waals surface area contributed by atoms with Crippen molar-refractivity contribution in [2.24, 2.45) is 17.8 Å². The van der Waals surface area contributed by atoms with E-state index in [0.29, 0.717) is 30.6 Å². The van der Waals surface area contributed by atoms with Crippen LogP contribution in [0.2, 0.25) is 0 Å². The number of hydrogen-bond donors (Lipinski definition) is 2. The summed E-state index contributed by atoms with van der Waals surface area (Å²) in [4.78, 5) is 77.1. The Balaban J connectivity index is 1.82. The van der Waals surface area contributed by atoms with Gasteiger partial charge in [-0.05, 0) is 31.4 Å². The van der Waals surface area contributed by atoms with Gasteiger partial charge in [0.05, 0.1) is 11.0 Å². The van der Waals surface area contributed by atoms with Crippen LogP contribution < -0.4 is 5.32 Å². The number of nitrogens with zero attached hydrogens (tertiary/aromatic N) is 4. The van der Waals surface area contributed by atoms with E-state index in [1.807, 2.05) is 24.3 Å². The van der Waals surface area contributed by atoms with Gasteiger partial charge >= 0.3 is 6.03 Å². The maximum atomic E-state index is 13.7. The first-order chi connectivity index (χ1) is 18.4. The molecular formula is C28H40N6O5. The molecule has 4 atom stereocenters. The number of aromatic amines is 1. The predicted octanol–water partition coefficient (Wildman–Crippen LogP) is 2.39. The van der Waals surface area contributed by atoms with Gasteiger partial charge in [-0.25, -0.2) is 9.78 Å². The Morgan fingerprint density at radius 1 is 1.00 bits per heavy atom. The highest BCUT2D eigenvalue weighted by molar-refractivity contribution is 5.96. The predicted molar refractivity (Wildman–Crippen MR) is 147 cm³/mol. The molecule has 11 nitrogen and oxygen atoms in total. The molecule has 2 N–H and O–H groups in total. The summed E-state index contributed by atoms with van der Waals surface area (Å²) in [5, 5.41) is 2.74. The number of fused-ring (bicyclic) bond motifs is 1. The monoisotopic (exact) mass is 540 g/mol. The summed E-state index contributed by atoms with van der Waals surface area (Å²) in [5.41, 5.74) is 1.39. The number of aromatic nitrogens is 2. The van der Waals surface area contributed by atoms with Gasteiger partial charge in [0.1, 0.15) is 17.6 Å². The second kappa shape index (κ2) is 12.9. The number of para-hydroxylation sites is 2. The lowest BCUT2D eigenvalue weighted by Gasteiger charge is -2.34. The number of imidazole rings is 1. The number of benzene rings is 1. The fourth-order valence-corrected chi connectivity index (χ4v) is 5.13. The number of rotatable bonds is 10. The van der Waals surface area contributed by atoms with Crippen molar-refractivity contribution in [1.29, 1.82) is 0 Å². The summed E-state index contributed by atoms with van der Waals surface area (Å²) in [7, 11) is 9.75. The van der Waals surface area contributed by atoms with Gasteiger partial charge in [-0.1, -0.05) is 18.6 Å². The van der Waals surface area contributed by atoms with Crippen molar-refractivity contribution in [3.63, 3.8) is 0 Å². The number of ketones is 2. The minimum Gasteiger partial charge on any atom is -0.349 e. The molecule has 212 valence electrons. The van der Waals surface area contributed by atoms with Crippen LogP contribution in [0.1, 0.15) is 50.4 Å². The molecule has 0 radical (unpaired) electrons. The van der Waals surface area contributed by atoms with E-state index in [4.69, 9.17) is 0 Å². The number of H-pyrrole nitrogens is 1. The maximum absolute atomic E-state index is 13.7. The second-order valence-electron chi connectivity index (χ2n) is 10.9. The van der Waals surface area contributed by atoms with Gasteiger partial charge in [-0.2, -0.15) is 0 Å². The van der Waals surface area contributed by atoms with Crippen molar-refractivity contribution < 1.29 is 24.0 Å². The van der Waals surface area contributed by atoms with E-state index in [1.54, 1.807) is 42.3 Å². The molecule has 1 aromatic carbocycles. The van der Waals surface area contributed by atoms with E-state index in [1.165, 1.54) is 14.7 Å². The van der Waals surface area contributed by atoms with Gasteiger partial charge in [-0.15, -0.1) is 0 Å². The van der Waals surface area contributed by atoms with E-state index in [-0.39, 0.29) is 42.6 Å². The summed E-state index contributed by atoms with van der Waals surface area (Å²) in [6.45, 7) is 0. The average Bonchev–Trinajstić information content (AvgIpc) is 3.32. The van der Waals surface area contributed by atoms with Crippen molar-refractivity contribution >= 4 is 40.4 Å². The molecule has 11 heteroatoms. The van der Waals surface area contributed by atoms with Crippen molar-refractivity contribution in [1.82, 2.24) is 30.0 Å². The van der Waals surface area contributed by atoms with Crippen LogP contribution >= 0.6 is 0 Å². The van der Waals surface area contributed by atoms with Crippen LogP contribution in [0, 0.1) is 17.8 Å². The van der Waals surface area contributed by atoms with E-state index >= 15 is 0 Å². The Morgan fingerprint density at radius 2 is 1.69 bits per heavy atom. The molecule has 2 aromatic rings. The molecule has 1 aromatic heterocycles. The van der Waals surface area contributed by atoms with Gasteiger partial charge in [0.15, 0.2) is 5.78 Å². The molecule has 1 aliphatic carbocycles. The number of hydrogen-bond acceptors (Lipinski definition) is 6. The number of carbonyl (C=O) groups is 5. The van der Waals surface area contributed by atoms with E-state index in [9.17, 15) is 24.0 Å². The topological polar surface area (TPSA) is 136 Å². The Bertz CT molecular complexity index is 1190. The third-order valence-corrected chi connectivity index (χ3v) is 7.37.